The molecular formula is C9H10ClNaO3S. The zero-order valence-corrected chi connectivity index (χ0v) is 12.4. The minimum Gasteiger partial charge on any atom is -0.768 e. The average Bonchev–Trinajstić information content (AvgIpc) is 2.07. The number of ether oxygens (including phenoxy) is 1. The van der Waals surface area contributed by atoms with Crippen LogP contribution in [0.25, 0.3) is 0 Å². The normalized spacial score (nSPS) is 12.1. The monoisotopic (exact) mass is 256 g/mol. The number of rotatable bonds is 3. The first-order chi connectivity index (χ1) is 6.50. The van der Waals surface area contributed by atoms with Crippen LogP contribution in [-0.2, 0) is 11.1 Å². The average molecular weight is 257 g/mol. The van der Waals surface area contributed by atoms with Gasteiger partial charge in [-0.15, -0.1) is 0 Å². The van der Waals surface area contributed by atoms with Gasteiger partial charge in [0.05, 0.1) is 11.1 Å². The molecule has 3 nitrogen and oxygen atoms in total. The molecule has 0 radical (unpaired) electrons. The van der Waals surface area contributed by atoms with Gasteiger partial charge in [-0.2, -0.15) is 0 Å². The zero-order valence-electron chi connectivity index (χ0n) is 8.82. The topological polar surface area (TPSA) is 49.4 Å². The van der Waals surface area contributed by atoms with E-state index >= 15 is 0 Å². The van der Waals surface area contributed by atoms with Gasteiger partial charge in [0, 0.05) is 4.90 Å². The van der Waals surface area contributed by atoms with Gasteiger partial charge in [0.25, 0.3) is 0 Å². The van der Waals surface area contributed by atoms with E-state index in [0.717, 1.165) is 0 Å². The fourth-order valence-corrected chi connectivity index (χ4v) is 1.62. The summed E-state index contributed by atoms with van der Waals surface area (Å²) in [6, 6.07) is 4.36. The first-order valence-electron chi connectivity index (χ1n) is 4.06. The molecule has 0 aliphatic heterocycles. The van der Waals surface area contributed by atoms with E-state index in [1.807, 2.05) is 13.8 Å². The van der Waals surface area contributed by atoms with Gasteiger partial charge in [0.2, 0.25) is 0 Å². The van der Waals surface area contributed by atoms with Crippen LogP contribution >= 0.6 is 11.6 Å². The van der Waals surface area contributed by atoms with Crippen LogP contribution in [0.1, 0.15) is 13.8 Å². The fourth-order valence-electron chi connectivity index (χ4n) is 0.935. The predicted octanol–water partition coefficient (Wildman–Crippen LogP) is -0.631. The molecule has 15 heavy (non-hydrogen) atoms. The molecule has 0 aromatic heterocycles. The Hall–Kier alpha value is 0.420. The molecule has 0 saturated carbocycles. The molecule has 0 amide bonds. The minimum atomic E-state index is -2.25. The van der Waals surface area contributed by atoms with Gasteiger partial charge in [-0.25, -0.2) is 0 Å². The predicted molar refractivity (Wildman–Crippen MR) is 54.4 cm³/mol. The number of benzene rings is 1. The van der Waals surface area contributed by atoms with Gasteiger partial charge in [-0.05, 0) is 43.1 Å². The van der Waals surface area contributed by atoms with Crippen molar-refractivity contribution in [3.8, 4) is 5.75 Å². The van der Waals surface area contributed by atoms with E-state index in [-0.39, 0.29) is 40.6 Å². The van der Waals surface area contributed by atoms with Gasteiger partial charge < -0.3 is 9.29 Å². The van der Waals surface area contributed by atoms with Crippen LogP contribution < -0.4 is 34.3 Å². The summed E-state index contributed by atoms with van der Waals surface area (Å²) in [5.41, 5.74) is 0. The van der Waals surface area contributed by atoms with E-state index in [9.17, 15) is 8.76 Å². The molecule has 0 bridgehead atoms. The van der Waals surface area contributed by atoms with Crippen molar-refractivity contribution in [1.29, 1.82) is 0 Å². The van der Waals surface area contributed by atoms with Crippen LogP contribution in [0.5, 0.6) is 5.75 Å². The molecule has 1 aromatic carbocycles. The summed E-state index contributed by atoms with van der Waals surface area (Å²) in [7, 11) is 0. The maximum atomic E-state index is 10.6. The third-order valence-corrected chi connectivity index (χ3v) is 2.39. The summed E-state index contributed by atoms with van der Waals surface area (Å²) in [5, 5.41) is 0.306. The van der Waals surface area contributed by atoms with Crippen LogP contribution in [0, 0.1) is 0 Å². The largest absolute Gasteiger partial charge is 1.00 e. The molecule has 0 N–H and O–H groups in total. The molecule has 0 aliphatic rings. The van der Waals surface area contributed by atoms with Crippen molar-refractivity contribution in [2.45, 2.75) is 24.8 Å². The Kier molecular flexibility index (Phi) is 7.08. The van der Waals surface area contributed by atoms with E-state index in [2.05, 4.69) is 0 Å². The third kappa shape index (κ3) is 4.85. The smallest absolute Gasteiger partial charge is 0.768 e. The fraction of sp³-hybridized carbons (Fsp3) is 0.333. The van der Waals surface area contributed by atoms with Crippen molar-refractivity contribution in [3.05, 3.63) is 23.2 Å². The first-order valence-corrected chi connectivity index (χ1v) is 5.51. The molecule has 1 atom stereocenters. The Morgan fingerprint density at radius 2 is 2.07 bits per heavy atom. The zero-order chi connectivity index (χ0) is 10.7. The molecule has 6 heteroatoms. The number of halogens is 1. The second-order valence-corrected chi connectivity index (χ2v) is 4.34. The van der Waals surface area contributed by atoms with Crippen molar-refractivity contribution in [2.75, 3.05) is 0 Å². The van der Waals surface area contributed by atoms with Crippen molar-refractivity contribution in [2.24, 2.45) is 0 Å². The third-order valence-electron chi connectivity index (χ3n) is 1.46. The van der Waals surface area contributed by atoms with Gasteiger partial charge in [-0.1, -0.05) is 11.6 Å². The Balaban J connectivity index is 0.00000196. The summed E-state index contributed by atoms with van der Waals surface area (Å²) in [5.74, 6) is 0.496. The van der Waals surface area contributed by atoms with Crippen LogP contribution in [0.4, 0.5) is 0 Å². The van der Waals surface area contributed by atoms with Crippen molar-refractivity contribution in [3.63, 3.8) is 0 Å². The molecule has 0 spiro atoms. The van der Waals surface area contributed by atoms with Gasteiger partial charge in [-0.3, -0.25) is 4.21 Å². The maximum Gasteiger partial charge on any atom is 1.00 e. The Labute approximate surface area is 119 Å². The molecule has 0 aliphatic carbocycles. The molecule has 0 saturated heterocycles. The second-order valence-electron chi connectivity index (χ2n) is 2.99. The van der Waals surface area contributed by atoms with Crippen LogP contribution in [0.3, 0.4) is 0 Å². The standard InChI is InChI=1S/C9H11ClO3S.Na/c1-6(2)13-9-4-3-7(14(11)12)5-8(9)10;/h3-6H,1-2H3,(H,11,12);/q;+1/p-1. The van der Waals surface area contributed by atoms with Crippen molar-refractivity contribution in [1.82, 2.24) is 0 Å². The summed E-state index contributed by atoms with van der Waals surface area (Å²) in [6.07, 6.45) is 0.0103. The summed E-state index contributed by atoms with van der Waals surface area (Å²) in [6.45, 7) is 3.74. The SMILES string of the molecule is CC(C)Oc1ccc(S(=O)[O-])cc1Cl.[Na+]. The second kappa shape index (κ2) is 6.89. The maximum absolute atomic E-state index is 10.6. The Morgan fingerprint density at radius 1 is 1.47 bits per heavy atom. The molecule has 78 valence electrons. The van der Waals surface area contributed by atoms with Crippen LogP contribution in [0.15, 0.2) is 23.1 Å². The Morgan fingerprint density at radius 3 is 2.47 bits per heavy atom. The van der Waals surface area contributed by atoms with E-state index in [0.29, 0.717) is 10.8 Å². The molecule has 0 heterocycles. The van der Waals surface area contributed by atoms with Crippen LogP contribution in [-0.4, -0.2) is 14.9 Å². The quantitative estimate of drug-likeness (QED) is 0.535. The van der Waals surface area contributed by atoms with Gasteiger partial charge in [0.15, 0.2) is 0 Å². The molecule has 1 unspecified atom stereocenters. The summed E-state index contributed by atoms with van der Waals surface area (Å²) < 4.78 is 26.5. The number of hydrogen-bond acceptors (Lipinski definition) is 3. The Bertz CT molecular complexity index is 357. The number of hydrogen-bond donors (Lipinski definition) is 0. The van der Waals surface area contributed by atoms with E-state index in [4.69, 9.17) is 16.3 Å². The van der Waals surface area contributed by atoms with Crippen molar-refractivity contribution < 1.29 is 43.1 Å². The molecule has 1 aromatic rings. The van der Waals surface area contributed by atoms with E-state index < -0.39 is 11.1 Å². The molecule has 1 rings (SSSR count). The van der Waals surface area contributed by atoms with Crippen LogP contribution in [0.2, 0.25) is 5.02 Å². The molecular weight excluding hydrogens is 247 g/mol. The first kappa shape index (κ1) is 15.4. The van der Waals surface area contributed by atoms with Crippen molar-refractivity contribution >= 4 is 22.7 Å². The van der Waals surface area contributed by atoms with E-state index in [1.54, 1.807) is 6.07 Å². The minimum absolute atomic E-state index is 0. The summed E-state index contributed by atoms with van der Waals surface area (Å²) >= 11 is 3.57. The van der Waals surface area contributed by atoms with Gasteiger partial charge in [0.1, 0.15) is 5.75 Å². The van der Waals surface area contributed by atoms with E-state index in [1.165, 1.54) is 12.1 Å². The van der Waals surface area contributed by atoms with Gasteiger partial charge >= 0.3 is 29.6 Å². The molecule has 0 fully saturated rings. The summed E-state index contributed by atoms with van der Waals surface area (Å²) in [4.78, 5) is 0.158.